The van der Waals surface area contributed by atoms with Gasteiger partial charge in [0, 0.05) is 38.4 Å². The van der Waals surface area contributed by atoms with Gasteiger partial charge in [-0.25, -0.2) is 0 Å². The van der Waals surface area contributed by atoms with Gasteiger partial charge in [0.05, 0.1) is 6.04 Å². The summed E-state index contributed by atoms with van der Waals surface area (Å²) in [6.45, 7) is 5.91. The van der Waals surface area contributed by atoms with Crippen molar-refractivity contribution in [1.29, 1.82) is 0 Å². The summed E-state index contributed by atoms with van der Waals surface area (Å²) in [6.07, 6.45) is 0.383. The van der Waals surface area contributed by atoms with Crippen molar-refractivity contribution >= 4 is 11.6 Å². The van der Waals surface area contributed by atoms with Gasteiger partial charge >= 0.3 is 0 Å². The number of amides is 1. The maximum absolute atomic E-state index is 13.2. The molecule has 1 unspecified atom stereocenters. The molecular formula is C23H32N4O2. The zero-order valence-electron chi connectivity index (χ0n) is 17.1. The van der Waals surface area contributed by atoms with Crippen LogP contribution in [0.3, 0.4) is 0 Å². The van der Waals surface area contributed by atoms with Crippen molar-refractivity contribution in [3.8, 4) is 0 Å². The number of nitrogen functional groups attached to an aromatic ring is 1. The number of carbonyl (C=O) groups excluding carboxylic acids is 1. The Labute approximate surface area is 173 Å². The number of carbonyl (C=O) groups is 1. The number of nitrogens with one attached hydrogen (secondary N) is 1. The number of rotatable bonds is 8. The fourth-order valence-electron chi connectivity index (χ4n) is 3.65. The van der Waals surface area contributed by atoms with Crippen molar-refractivity contribution in [3.05, 3.63) is 65.7 Å². The molecule has 29 heavy (non-hydrogen) atoms. The van der Waals surface area contributed by atoms with Crippen molar-refractivity contribution in [2.75, 3.05) is 31.9 Å². The standard InChI is InChI=1S/C23H32N4O2/c1-2-22(28)25-21(16-18-8-10-20(24)11-9-18)23(29)27-14-12-26(13-15-27)17-19-6-4-3-5-7-19/h3-11,21-22,25,28H,2,12-17,24H2,1H3/t21-,22?/m1/s1. The molecule has 4 N–H and O–H groups in total. The zero-order chi connectivity index (χ0) is 20.6. The van der Waals surface area contributed by atoms with E-state index in [1.807, 2.05) is 42.2 Å². The van der Waals surface area contributed by atoms with Gasteiger partial charge in [0.25, 0.3) is 0 Å². The molecule has 6 nitrogen and oxygen atoms in total. The number of aliphatic hydroxyl groups is 1. The summed E-state index contributed by atoms with van der Waals surface area (Å²) in [4.78, 5) is 17.5. The van der Waals surface area contributed by atoms with E-state index < -0.39 is 12.3 Å². The molecular weight excluding hydrogens is 364 g/mol. The second-order valence-corrected chi connectivity index (χ2v) is 7.68. The predicted octanol–water partition coefficient (Wildman–Crippen LogP) is 1.84. The van der Waals surface area contributed by atoms with Gasteiger partial charge in [-0.1, -0.05) is 49.4 Å². The molecule has 0 aromatic heterocycles. The first-order chi connectivity index (χ1) is 14.0. The van der Waals surface area contributed by atoms with Gasteiger partial charge in [0.2, 0.25) is 5.91 Å². The van der Waals surface area contributed by atoms with E-state index in [4.69, 9.17) is 5.73 Å². The SMILES string of the molecule is CCC(O)N[C@H](Cc1ccc(N)cc1)C(=O)N1CCN(Cc2ccccc2)CC1. The van der Waals surface area contributed by atoms with E-state index in [1.165, 1.54) is 5.56 Å². The molecule has 1 fully saturated rings. The highest BCUT2D eigenvalue weighted by molar-refractivity contribution is 5.82. The molecule has 2 aromatic rings. The van der Waals surface area contributed by atoms with Crippen molar-refractivity contribution in [3.63, 3.8) is 0 Å². The smallest absolute Gasteiger partial charge is 0.240 e. The highest BCUT2D eigenvalue weighted by atomic mass is 16.3. The second-order valence-electron chi connectivity index (χ2n) is 7.68. The second kappa shape index (κ2) is 10.4. The number of benzene rings is 2. The average molecular weight is 397 g/mol. The van der Waals surface area contributed by atoms with E-state index in [2.05, 4.69) is 34.5 Å². The molecule has 1 saturated heterocycles. The third kappa shape index (κ3) is 6.29. The molecule has 0 bridgehead atoms. The number of nitrogens with zero attached hydrogens (tertiary/aromatic N) is 2. The monoisotopic (exact) mass is 396 g/mol. The number of hydrogen-bond donors (Lipinski definition) is 3. The molecule has 0 aliphatic carbocycles. The Balaban J connectivity index is 1.59. The first-order valence-corrected chi connectivity index (χ1v) is 10.4. The van der Waals surface area contributed by atoms with Gasteiger partial charge in [-0.2, -0.15) is 0 Å². The summed E-state index contributed by atoms with van der Waals surface area (Å²) in [6, 6.07) is 17.5. The van der Waals surface area contributed by atoms with Crippen LogP contribution in [0, 0.1) is 0 Å². The summed E-state index contributed by atoms with van der Waals surface area (Å²) in [5.74, 6) is 0.0497. The molecule has 6 heteroatoms. The van der Waals surface area contributed by atoms with Gasteiger partial charge in [-0.3, -0.25) is 15.0 Å². The largest absolute Gasteiger partial charge is 0.399 e. The maximum atomic E-state index is 13.2. The number of hydrogen-bond acceptors (Lipinski definition) is 5. The minimum absolute atomic E-state index is 0.0497. The Kier molecular flexibility index (Phi) is 7.63. The molecule has 2 atom stereocenters. The van der Waals surface area contributed by atoms with Gasteiger partial charge in [0.1, 0.15) is 6.23 Å². The molecule has 2 aromatic carbocycles. The molecule has 0 radical (unpaired) electrons. The molecule has 1 heterocycles. The lowest BCUT2D eigenvalue weighted by molar-refractivity contribution is -0.136. The average Bonchev–Trinajstić information content (AvgIpc) is 2.75. The lowest BCUT2D eigenvalue weighted by atomic mass is 10.0. The predicted molar refractivity (Wildman–Crippen MR) is 116 cm³/mol. The zero-order valence-corrected chi connectivity index (χ0v) is 17.1. The van der Waals surface area contributed by atoms with Gasteiger partial charge < -0.3 is 15.7 Å². The lowest BCUT2D eigenvalue weighted by Crippen LogP contribution is -2.56. The maximum Gasteiger partial charge on any atom is 0.240 e. The number of piperazine rings is 1. The number of nitrogens with two attached hydrogens (primary N) is 1. The highest BCUT2D eigenvalue weighted by Crippen LogP contribution is 2.13. The summed E-state index contributed by atoms with van der Waals surface area (Å²) >= 11 is 0. The van der Waals surface area contributed by atoms with Gasteiger partial charge in [0.15, 0.2) is 0 Å². The molecule has 1 aliphatic rings. The van der Waals surface area contributed by atoms with E-state index in [0.717, 1.165) is 25.2 Å². The van der Waals surface area contributed by atoms with Crippen LogP contribution in [-0.4, -0.2) is 59.3 Å². The number of anilines is 1. The van der Waals surface area contributed by atoms with E-state index in [1.54, 1.807) is 0 Å². The van der Waals surface area contributed by atoms with Crippen LogP contribution in [0.25, 0.3) is 0 Å². The van der Waals surface area contributed by atoms with Crippen LogP contribution in [0.2, 0.25) is 0 Å². The van der Waals surface area contributed by atoms with Gasteiger partial charge in [-0.05, 0) is 36.1 Å². The van der Waals surface area contributed by atoms with Crippen LogP contribution in [0.15, 0.2) is 54.6 Å². The Hall–Kier alpha value is -2.41. The summed E-state index contributed by atoms with van der Waals surface area (Å²) in [7, 11) is 0. The summed E-state index contributed by atoms with van der Waals surface area (Å²) in [5.41, 5.74) is 8.79. The minimum Gasteiger partial charge on any atom is -0.399 e. The van der Waals surface area contributed by atoms with Crippen molar-refractivity contribution in [2.45, 2.75) is 38.6 Å². The Morgan fingerprint density at radius 1 is 1.03 bits per heavy atom. The fraction of sp³-hybridized carbons (Fsp3) is 0.435. The van der Waals surface area contributed by atoms with Crippen LogP contribution in [0.4, 0.5) is 5.69 Å². The first-order valence-electron chi connectivity index (χ1n) is 10.4. The molecule has 3 rings (SSSR count). The Bertz CT molecular complexity index is 758. The molecule has 0 spiro atoms. The van der Waals surface area contributed by atoms with E-state index in [0.29, 0.717) is 31.6 Å². The van der Waals surface area contributed by atoms with E-state index in [9.17, 15) is 9.90 Å². The van der Waals surface area contributed by atoms with Crippen LogP contribution >= 0.6 is 0 Å². The van der Waals surface area contributed by atoms with Crippen LogP contribution < -0.4 is 11.1 Å². The summed E-state index contributed by atoms with van der Waals surface area (Å²) < 4.78 is 0. The quantitative estimate of drug-likeness (QED) is 0.469. The Morgan fingerprint density at radius 2 is 1.69 bits per heavy atom. The van der Waals surface area contributed by atoms with E-state index in [-0.39, 0.29) is 5.91 Å². The first kappa shape index (κ1) is 21.3. The van der Waals surface area contributed by atoms with E-state index >= 15 is 0 Å². The number of aliphatic hydroxyl groups excluding tert-OH is 1. The minimum atomic E-state index is -0.697. The topological polar surface area (TPSA) is 81.8 Å². The van der Waals surface area contributed by atoms with Crippen molar-refractivity contribution < 1.29 is 9.90 Å². The third-order valence-corrected chi connectivity index (χ3v) is 5.43. The summed E-state index contributed by atoms with van der Waals surface area (Å²) in [5, 5.41) is 13.2. The highest BCUT2D eigenvalue weighted by Gasteiger charge is 2.28. The normalized spacial score (nSPS) is 17.1. The van der Waals surface area contributed by atoms with Crippen LogP contribution in [-0.2, 0) is 17.8 Å². The van der Waals surface area contributed by atoms with Crippen molar-refractivity contribution in [1.82, 2.24) is 15.1 Å². The lowest BCUT2D eigenvalue weighted by Gasteiger charge is -2.37. The molecule has 0 saturated carbocycles. The fourth-order valence-corrected chi connectivity index (χ4v) is 3.65. The van der Waals surface area contributed by atoms with Gasteiger partial charge in [-0.15, -0.1) is 0 Å². The molecule has 156 valence electrons. The van der Waals surface area contributed by atoms with Crippen LogP contribution in [0.5, 0.6) is 0 Å². The van der Waals surface area contributed by atoms with Crippen LogP contribution in [0.1, 0.15) is 24.5 Å². The molecule has 1 aliphatic heterocycles. The van der Waals surface area contributed by atoms with Crippen molar-refractivity contribution in [2.24, 2.45) is 0 Å². The molecule has 1 amide bonds. The Morgan fingerprint density at radius 3 is 2.31 bits per heavy atom. The third-order valence-electron chi connectivity index (χ3n) is 5.43.